The van der Waals surface area contributed by atoms with Gasteiger partial charge in [-0.15, -0.1) is 11.3 Å². The van der Waals surface area contributed by atoms with Crippen molar-refractivity contribution in [1.82, 2.24) is 0 Å². The summed E-state index contributed by atoms with van der Waals surface area (Å²) >= 11 is 18.8. The van der Waals surface area contributed by atoms with Crippen LogP contribution in [0.15, 0.2) is 28.7 Å². The van der Waals surface area contributed by atoms with Crippen molar-refractivity contribution in [1.29, 1.82) is 0 Å². The van der Waals surface area contributed by atoms with Crippen LogP contribution in [0.1, 0.15) is 17.2 Å². The second-order valence-electron chi connectivity index (χ2n) is 3.35. The molecular formula is C11H6BrCl2IOS. The van der Waals surface area contributed by atoms with Crippen molar-refractivity contribution < 1.29 is 5.11 Å². The SMILES string of the molecule is OC(c1cc(Br)ccc1I)c1cc(Cl)sc1Cl. The third kappa shape index (κ3) is 3.16. The number of hydrogen-bond donors (Lipinski definition) is 1. The predicted octanol–water partition coefficient (Wildman–Crippen LogP) is 5.50. The maximum Gasteiger partial charge on any atom is 0.107 e. The Hall–Kier alpha value is 0.670. The molecule has 1 atom stereocenters. The van der Waals surface area contributed by atoms with E-state index in [1.54, 1.807) is 6.07 Å². The van der Waals surface area contributed by atoms with Crippen molar-refractivity contribution in [2.24, 2.45) is 0 Å². The number of aliphatic hydroxyl groups is 1. The first-order chi connectivity index (χ1) is 7.99. The first-order valence-electron chi connectivity index (χ1n) is 4.57. The van der Waals surface area contributed by atoms with Gasteiger partial charge in [0, 0.05) is 13.6 Å². The maximum atomic E-state index is 10.3. The molecule has 2 aromatic rings. The highest BCUT2D eigenvalue weighted by molar-refractivity contribution is 14.1. The topological polar surface area (TPSA) is 20.2 Å². The first kappa shape index (κ1) is 14.1. The van der Waals surface area contributed by atoms with Crippen LogP contribution in [0.3, 0.4) is 0 Å². The molecule has 90 valence electrons. The summed E-state index contributed by atoms with van der Waals surface area (Å²) in [5, 5.41) is 10.3. The Labute approximate surface area is 135 Å². The van der Waals surface area contributed by atoms with Gasteiger partial charge in [0.15, 0.2) is 0 Å². The fraction of sp³-hybridized carbons (Fsp3) is 0.0909. The molecular weight excluding hydrogens is 458 g/mol. The maximum absolute atomic E-state index is 10.3. The number of thiophene rings is 1. The van der Waals surface area contributed by atoms with Crippen LogP contribution in [-0.2, 0) is 0 Å². The van der Waals surface area contributed by atoms with Crippen LogP contribution in [0.25, 0.3) is 0 Å². The highest BCUT2D eigenvalue weighted by Gasteiger charge is 2.19. The predicted molar refractivity (Wildman–Crippen MR) is 85.3 cm³/mol. The number of benzene rings is 1. The number of aliphatic hydroxyl groups excluding tert-OH is 1. The van der Waals surface area contributed by atoms with Crippen molar-refractivity contribution in [3.63, 3.8) is 0 Å². The average Bonchev–Trinajstić information content (AvgIpc) is 2.60. The van der Waals surface area contributed by atoms with E-state index in [-0.39, 0.29) is 0 Å². The van der Waals surface area contributed by atoms with Gasteiger partial charge in [-0.1, -0.05) is 39.1 Å². The molecule has 1 nitrogen and oxygen atoms in total. The Morgan fingerprint density at radius 2 is 1.94 bits per heavy atom. The molecule has 0 saturated carbocycles. The van der Waals surface area contributed by atoms with Crippen LogP contribution in [-0.4, -0.2) is 5.11 Å². The fourth-order valence-electron chi connectivity index (χ4n) is 1.43. The second-order valence-corrected chi connectivity index (χ2v) is 7.71. The zero-order chi connectivity index (χ0) is 12.6. The molecule has 0 saturated heterocycles. The molecule has 0 bridgehead atoms. The minimum absolute atomic E-state index is 0.526. The van der Waals surface area contributed by atoms with Crippen molar-refractivity contribution in [2.45, 2.75) is 6.10 Å². The second kappa shape index (κ2) is 5.75. The van der Waals surface area contributed by atoms with E-state index in [1.807, 2.05) is 18.2 Å². The van der Waals surface area contributed by atoms with Crippen LogP contribution in [0.5, 0.6) is 0 Å². The highest BCUT2D eigenvalue weighted by atomic mass is 127. The molecule has 6 heteroatoms. The smallest absolute Gasteiger partial charge is 0.107 e. The van der Waals surface area contributed by atoms with E-state index in [4.69, 9.17) is 23.2 Å². The molecule has 1 N–H and O–H groups in total. The van der Waals surface area contributed by atoms with Gasteiger partial charge in [0.2, 0.25) is 0 Å². The summed E-state index contributed by atoms with van der Waals surface area (Å²) in [5.41, 5.74) is 1.47. The summed E-state index contributed by atoms with van der Waals surface area (Å²) in [6.07, 6.45) is -0.754. The van der Waals surface area contributed by atoms with Crippen molar-refractivity contribution in [3.05, 3.63) is 52.1 Å². The molecule has 0 fully saturated rings. The zero-order valence-electron chi connectivity index (χ0n) is 8.25. The van der Waals surface area contributed by atoms with Crippen molar-refractivity contribution in [2.75, 3.05) is 0 Å². The summed E-state index contributed by atoms with van der Waals surface area (Å²) < 4.78 is 3.01. The Morgan fingerprint density at radius 3 is 2.53 bits per heavy atom. The van der Waals surface area contributed by atoms with Crippen molar-refractivity contribution >= 4 is 73.1 Å². The minimum Gasteiger partial charge on any atom is -0.384 e. The van der Waals surface area contributed by atoms with E-state index in [0.717, 1.165) is 13.6 Å². The van der Waals surface area contributed by atoms with E-state index >= 15 is 0 Å². The van der Waals surface area contributed by atoms with Crippen LogP contribution < -0.4 is 0 Å². The summed E-state index contributed by atoms with van der Waals surface area (Å²) in [4.78, 5) is 0. The molecule has 17 heavy (non-hydrogen) atoms. The van der Waals surface area contributed by atoms with Gasteiger partial charge in [-0.05, 0) is 52.4 Å². The van der Waals surface area contributed by atoms with E-state index in [9.17, 15) is 5.11 Å². The summed E-state index contributed by atoms with van der Waals surface area (Å²) in [6.45, 7) is 0. The van der Waals surface area contributed by atoms with E-state index in [1.165, 1.54) is 11.3 Å². The number of halogens is 4. The Bertz CT molecular complexity index is 558. The lowest BCUT2D eigenvalue weighted by Crippen LogP contribution is -2.01. The molecule has 1 aromatic carbocycles. The van der Waals surface area contributed by atoms with Gasteiger partial charge in [0.25, 0.3) is 0 Å². The van der Waals surface area contributed by atoms with E-state index < -0.39 is 6.10 Å². The van der Waals surface area contributed by atoms with Gasteiger partial charge in [-0.25, -0.2) is 0 Å². The molecule has 1 heterocycles. The number of rotatable bonds is 2. The number of hydrogen-bond acceptors (Lipinski definition) is 2. The van der Waals surface area contributed by atoms with Crippen LogP contribution in [0.2, 0.25) is 8.67 Å². The summed E-state index contributed by atoms with van der Waals surface area (Å²) in [7, 11) is 0. The van der Waals surface area contributed by atoms with Crippen molar-refractivity contribution in [3.8, 4) is 0 Å². The van der Waals surface area contributed by atoms with Gasteiger partial charge in [-0.2, -0.15) is 0 Å². The normalized spacial score (nSPS) is 12.8. The summed E-state index contributed by atoms with van der Waals surface area (Å²) in [5.74, 6) is 0. The third-order valence-electron chi connectivity index (χ3n) is 2.23. The molecule has 0 aliphatic heterocycles. The standard InChI is InChI=1S/C11H6BrCl2IOS/c12-5-1-2-8(15)6(3-5)10(16)7-4-9(13)17-11(7)14/h1-4,10,16H. The van der Waals surface area contributed by atoms with Crippen LogP contribution in [0, 0.1) is 3.57 Å². The average molecular weight is 464 g/mol. The van der Waals surface area contributed by atoms with Gasteiger partial charge in [0.05, 0.1) is 4.34 Å². The Morgan fingerprint density at radius 1 is 1.24 bits per heavy atom. The molecule has 0 amide bonds. The van der Waals surface area contributed by atoms with E-state index in [2.05, 4.69) is 38.5 Å². The zero-order valence-corrected chi connectivity index (χ0v) is 14.3. The molecule has 0 aliphatic carbocycles. The largest absolute Gasteiger partial charge is 0.384 e. The van der Waals surface area contributed by atoms with Gasteiger partial charge in [-0.3, -0.25) is 0 Å². The fourth-order valence-corrected chi connectivity index (χ4v) is 3.96. The molecule has 0 radical (unpaired) electrons. The van der Waals surface area contributed by atoms with Crippen LogP contribution in [0.4, 0.5) is 0 Å². The lowest BCUT2D eigenvalue weighted by atomic mass is 10.0. The molecule has 1 aromatic heterocycles. The van der Waals surface area contributed by atoms with Gasteiger partial charge >= 0.3 is 0 Å². The lowest BCUT2D eigenvalue weighted by Gasteiger charge is -2.12. The van der Waals surface area contributed by atoms with Crippen LogP contribution >= 0.6 is 73.1 Å². The molecule has 1 unspecified atom stereocenters. The monoisotopic (exact) mass is 462 g/mol. The van der Waals surface area contributed by atoms with Gasteiger partial charge < -0.3 is 5.11 Å². The molecule has 2 rings (SSSR count). The molecule has 0 aliphatic rings. The summed E-state index contributed by atoms with van der Waals surface area (Å²) in [6, 6.07) is 7.45. The van der Waals surface area contributed by atoms with Gasteiger partial charge in [0.1, 0.15) is 10.4 Å². The lowest BCUT2D eigenvalue weighted by molar-refractivity contribution is 0.220. The minimum atomic E-state index is -0.754. The highest BCUT2D eigenvalue weighted by Crippen LogP contribution is 2.38. The molecule has 0 spiro atoms. The first-order valence-corrected chi connectivity index (χ1v) is 8.01. The third-order valence-corrected chi connectivity index (χ3v) is 5.22. The van der Waals surface area contributed by atoms with E-state index in [0.29, 0.717) is 14.2 Å². The Kier molecular flexibility index (Phi) is 4.77. The Balaban J connectivity index is 2.46. The quantitative estimate of drug-likeness (QED) is 0.583.